The average molecular weight is 363 g/mol. The van der Waals surface area contributed by atoms with Gasteiger partial charge in [-0.1, -0.05) is 35.5 Å². The largest absolute Gasteiger partial charge is 0.298 e. The molecule has 2 aromatic heterocycles. The number of halogens is 1. The molecular weight excluding hydrogens is 352 g/mol. The molecule has 2 heterocycles. The van der Waals surface area contributed by atoms with Gasteiger partial charge in [-0.2, -0.15) is 0 Å². The maximum atomic E-state index is 12.2. The quantitative estimate of drug-likeness (QED) is 0.555. The summed E-state index contributed by atoms with van der Waals surface area (Å²) in [6.07, 6.45) is 4.88. The lowest BCUT2D eigenvalue weighted by Gasteiger charge is -2.01. The summed E-state index contributed by atoms with van der Waals surface area (Å²) in [6, 6.07) is 7.38. The molecule has 116 valence electrons. The first-order valence-electron chi connectivity index (χ1n) is 6.54. The molecule has 1 aromatic carbocycles. The monoisotopic (exact) mass is 362 g/mol. The Labute approximate surface area is 146 Å². The zero-order valence-electron chi connectivity index (χ0n) is 12.0. The van der Waals surface area contributed by atoms with E-state index in [4.69, 9.17) is 11.6 Å². The van der Waals surface area contributed by atoms with Gasteiger partial charge in [0.05, 0.1) is 11.3 Å². The molecule has 23 heavy (non-hydrogen) atoms. The highest BCUT2D eigenvalue weighted by Gasteiger charge is 2.11. The van der Waals surface area contributed by atoms with E-state index in [1.165, 1.54) is 35.5 Å². The van der Waals surface area contributed by atoms with Crippen LogP contribution in [0.25, 0.3) is 11.3 Å². The van der Waals surface area contributed by atoms with Gasteiger partial charge in [0, 0.05) is 28.4 Å². The summed E-state index contributed by atoms with van der Waals surface area (Å²) in [6.45, 7) is 0. The molecule has 0 fully saturated rings. The molecule has 3 rings (SSSR count). The lowest BCUT2D eigenvalue weighted by Crippen LogP contribution is -2.12. The molecule has 0 unspecified atom stereocenters. The minimum atomic E-state index is -0.283. The van der Waals surface area contributed by atoms with Gasteiger partial charge in [-0.15, -0.1) is 11.3 Å². The second-order valence-electron chi connectivity index (χ2n) is 4.46. The van der Waals surface area contributed by atoms with E-state index in [9.17, 15) is 4.79 Å². The summed E-state index contributed by atoms with van der Waals surface area (Å²) < 4.78 is 0. The van der Waals surface area contributed by atoms with Gasteiger partial charge in [0.2, 0.25) is 0 Å². The summed E-state index contributed by atoms with van der Waals surface area (Å²) in [5.41, 5.74) is 2.13. The minimum Gasteiger partial charge on any atom is -0.298 e. The van der Waals surface area contributed by atoms with Gasteiger partial charge in [-0.05, 0) is 18.4 Å². The third-order valence-electron chi connectivity index (χ3n) is 2.94. The van der Waals surface area contributed by atoms with E-state index in [-0.39, 0.29) is 5.91 Å². The maximum Gasteiger partial charge on any atom is 0.260 e. The van der Waals surface area contributed by atoms with Crippen LogP contribution in [0.2, 0.25) is 5.02 Å². The molecule has 0 bridgehead atoms. The van der Waals surface area contributed by atoms with Crippen molar-refractivity contribution >= 4 is 45.7 Å². The van der Waals surface area contributed by atoms with Crippen molar-refractivity contribution in [2.24, 2.45) is 0 Å². The summed E-state index contributed by atoms with van der Waals surface area (Å²) in [5.74, 6) is -0.283. The van der Waals surface area contributed by atoms with Crippen molar-refractivity contribution in [3.63, 3.8) is 0 Å². The van der Waals surface area contributed by atoms with Gasteiger partial charge in [0.25, 0.3) is 5.91 Å². The van der Waals surface area contributed by atoms with Crippen molar-refractivity contribution in [3.8, 4) is 11.3 Å². The van der Waals surface area contributed by atoms with E-state index in [0.717, 1.165) is 11.3 Å². The highest BCUT2D eigenvalue weighted by molar-refractivity contribution is 7.98. The third kappa shape index (κ3) is 3.87. The van der Waals surface area contributed by atoms with E-state index in [1.54, 1.807) is 12.1 Å². The summed E-state index contributed by atoms with van der Waals surface area (Å²) in [4.78, 5) is 24.7. The van der Waals surface area contributed by atoms with Crippen LogP contribution in [0.5, 0.6) is 0 Å². The third-order valence-corrected chi connectivity index (χ3v) is 4.52. The molecule has 3 aromatic rings. The van der Waals surface area contributed by atoms with Gasteiger partial charge < -0.3 is 0 Å². The van der Waals surface area contributed by atoms with E-state index < -0.39 is 0 Å². The van der Waals surface area contributed by atoms with E-state index in [2.05, 4.69) is 20.3 Å². The molecule has 0 spiro atoms. The Morgan fingerprint density at radius 3 is 2.57 bits per heavy atom. The van der Waals surface area contributed by atoms with Crippen molar-refractivity contribution in [1.82, 2.24) is 15.0 Å². The Morgan fingerprint density at radius 1 is 1.22 bits per heavy atom. The van der Waals surface area contributed by atoms with Crippen LogP contribution >= 0.6 is 34.7 Å². The number of carbonyl (C=O) groups is 1. The normalized spacial score (nSPS) is 10.5. The Kier molecular flexibility index (Phi) is 4.90. The van der Waals surface area contributed by atoms with Crippen molar-refractivity contribution in [3.05, 3.63) is 52.6 Å². The predicted molar refractivity (Wildman–Crippen MR) is 94.3 cm³/mol. The number of anilines is 1. The Hall–Kier alpha value is -1.96. The van der Waals surface area contributed by atoms with Crippen LogP contribution in [-0.4, -0.2) is 27.1 Å². The first kappa shape index (κ1) is 15.9. The maximum absolute atomic E-state index is 12.2. The average Bonchev–Trinajstić information content (AvgIpc) is 3.04. The number of carbonyl (C=O) groups excluding carboxylic acids is 1. The van der Waals surface area contributed by atoms with Crippen molar-refractivity contribution < 1.29 is 4.79 Å². The van der Waals surface area contributed by atoms with E-state index in [0.29, 0.717) is 20.9 Å². The molecule has 0 aliphatic rings. The predicted octanol–water partition coefficient (Wildman–Crippen LogP) is 4.23. The lowest BCUT2D eigenvalue weighted by molar-refractivity contribution is 0.102. The minimum absolute atomic E-state index is 0.283. The Morgan fingerprint density at radius 2 is 1.91 bits per heavy atom. The standard InChI is InChI=1S/C15H11ClN4OS2/c1-22-14-17-6-10(7-18-14)13(21)20-15-19-12(8-23-15)9-2-4-11(16)5-3-9/h2-8H,1H3,(H,19,20,21). The number of nitrogens with one attached hydrogen (secondary N) is 1. The summed E-state index contributed by atoms with van der Waals surface area (Å²) in [7, 11) is 0. The molecule has 1 amide bonds. The smallest absolute Gasteiger partial charge is 0.260 e. The molecule has 0 atom stereocenters. The van der Waals surface area contributed by atoms with Gasteiger partial charge >= 0.3 is 0 Å². The summed E-state index contributed by atoms with van der Waals surface area (Å²) >= 11 is 8.65. The van der Waals surface area contributed by atoms with E-state index in [1.807, 2.05) is 23.8 Å². The molecule has 5 nitrogen and oxygen atoms in total. The number of benzene rings is 1. The van der Waals surface area contributed by atoms with Crippen molar-refractivity contribution in [2.75, 3.05) is 11.6 Å². The van der Waals surface area contributed by atoms with Crippen LogP contribution in [0, 0.1) is 0 Å². The number of hydrogen-bond donors (Lipinski definition) is 1. The van der Waals surface area contributed by atoms with Crippen LogP contribution < -0.4 is 5.32 Å². The number of rotatable bonds is 4. The first-order chi connectivity index (χ1) is 11.2. The fourth-order valence-corrected chi connectivity index (χ4v) is 2.95. The number of nitrogens with zero attached hydrogens (tertiary/aromatic N) is 3. The highest BCUT2D eigenvalue weighted by atomic mass is 35.5. The fourth-order valence-electron chi connectivity index (χ4n) is 1.79. The van der Waals surface area contributed by atoms with Gasteiger partial charge in [0.1, 0.15) is 0 Å². The Bertz CT molecular complexity index is 818. The van der Waals surface area contributed by atoms with Crippen LogP contribution in [0.4, 0.5) is 5.13 Å². The molecule has 0 radical (unpaired) electrons. The molecule has 0 aliphatic carbocycles. The second kappa shape index (κ2) is 7.08. The number of amides is 1. The topological polar surface area (TPSA) is 67.8 Å². The first-order valence-corrected chi connectivity index (χ1v) is 9.03. The number of thioether (sulfide) groups is 1. The van der Waals surface area contributed by atoms with Crippen molar-refractivity contribution in [1.29, 1.82) is 0 Å². The molecule has 0 saturated heterocycles. The lowest BCUT2D eigenvalue weighted by atomic mass is 10.2. The van der Waals surface area contributed by atoms with Crippen LogP contribution in [0.15, 0.2) is 47.2 Å². The number of thiazole rings is 1. The summed E-state index contributed by atoms with van der Waals surface area (Å²) in [5, 5.41) is 6.45. The highest BCUT2D eigenvalue weighted by Crippen LogP contribution is 2.26. The van der Waals surface area contributed by atoms with Crippen LogP contribution in [0.1, 0.15) is 10.4 Å². The number of aromatic nitrogens is 3. The molecule has 0 saturated carbocycles. The van der Waals surface area contributed by atoms with Gasteiger partial charge in [0.15, 0.2) is 10.3 Å². The molecule has 8 heteroatoms. The van der Waals surface area contributed by atoms with E-state index >= 15 is 0 Å². The molecular formula is C15H11ClN4OS2. The SMILES string of the molecule is CSc1ncc(C(=O)Nc2nc(-c3ccc(Cl)cc3)cs2)cn1. The second-order valence-corrected chi connectivity index (χ2v) is 6.53. The number of hydrogen-bond acceptors (Lipinski definition) is 6. The fraction of sp³-hybridized carbons (Fsp3) is 0.0667. The Balaban J connectivity index is 1.73. The zero-order valence-corrected chi connectivity index (χ0v) is 14.4. The molecule has 0 aliphatic heterocycles. The van der Waals surface area contributed by atoms with Crippen LogP contribution in [0.3, 0.4) is 0 Å². The van der Waals surface area contributed by atoms with Crippen molar-refractivity contribution in [2.45, 2.75) is 5.16 Å². The zero-order chi connectivity index (χ0) is 16.2. The molecule has 1 N–H and O–H groups in total. The van der Waals surface area contributed by atoms with Gasteiger partial charge in [-0.3, -0.25) is 10.1 Å². The van der Waals surface area contributed by atoms with Gasteiger partial charge in [-0.25, -0.2) is 15.0 Å². The van der Waals surface area contributed by atoms with Crippen LogP contribution in [-0.2, 0) is 0 Å².